The molecule has 2 aliphatic carbocycles. The molecule has 0 bridgehead atoms. The zero-order chi connectivity index (χ0) is 19.8. The summed E-state index contributed by atoms with van der Waals surface area (Å²) in [6.07, 6.45) is 9.11. The fourth-order valence-corrected chi connectivity index (χ4v) is 6.85. The molecule has 0 aromatic carbocycles. The summed E-state index contributed by atoms with van der Waals surface area (Å²) in [7, 11) is 1.78. The summed E-state index contributed by atoms with van der Waals surface area (Å²) in [5.74, 6) is 0.501. The lowest BCUT2D eigenvalue weighted by molar-refractivity contribution is -0.133. The smallest absolute Gasteiger partial charge is 0.262 e. The quantitative estimate of drug-likeness (QED) is 0.540. The summed E-state index contributed by atoms with van der Waals surface area (Å²) in [5.41, 5.74) is 1.25. The molecular weight excluding hydrogens is 390 g/mol. The maximum absolute atomic E-state index is 13.0. The second-order valence-electron chi connectivity index (χ2n) is 8.27. The minimum Gasteiger partial charge on any atom is -0.337 e. The van der Waals surface area contributed by atoms with Gasteiger partial charge in [0.05, 0.1) is 11.1 Å². The lowest BCUT2D eigenvalue weighted by Gasteiger charge is -2.37. The Hall–Kier alpha value is -1.34. The summed E-state index contributed by atoms with van der Waals surface area (Å²) >= 11 is 3.06. The number of fused-ring (bicyclic) bond motifs is 3. The van der Waals surface area contributed by atoms with E-state index in [4.69, 9.17) is 4.98 Å². The first-order valence-corrected chi connectivity index (χ1v) is 12.2. The van der Waals surface area contributed by atoms with Gasteiger partial charge in [-0.25, -0.2) is 4.98 Å². The number of carbonyl (C=O) groups is 1. The van der Waals surface area contributed by atoms with Crippen LogP contribution in [0.4, 0.5) is 0 Å². The highest BCUT2D eigenvalue weighted by Crippen LogP contribution is 2.35. The number of carbonyl (C=O) groups excluding carboxylic acids is 1. The van der Waals surface area contributed by atoms with Gasteiger partial charge in [0.2, 0.25) is 5.91 Å². The number of hydrogen-bond acceptors (Lipinski definition) is 5. The van der Waals surface area contributed by atoms with E-state index in [2.05, 4.69) is 18.7 Å². The van der Waals surface area contributed by atoms with Crippen LogP contribution in [-0.2, 0) is 24.7 Å². The maximum atomic E-state index is 13.0. The van der Waals surface area contributed by atoms with Crippen molar-refractivity contribution in [3.8, 4) is 0 Å². The zero-order valence-corrected chi connectivity index (χ0v) is 18.6. The van der Waals surface area contributed by atoms with Crippen molar-refractivity contribution in [2.24, 2.45) is 7.05 Å². The normalized spacial score (nSPS) is 17.4. The van der Waals surface area contributed by atoms with Gasteiger partial charge in [0.1, 0.15) is 4.83 Å². The van der Waals surface area contributed by atoms with Crippen molar-refractivity contribution in [2.75, 3.05) is 5.75 Å². The third-order valence-corrected chi connectivity index (χ3v) is 8.24. The molecular formula is C21H29N3O2S2. The number of thioether (sulfide) groups is 1. The third kappa shape index (κ3) is 3.63. The van der Waals surface area contributed by atoms with E-state index in [1.165, 1.54) is 41.5 Å². The van der Waals surface area contributed by atoms with Gasteiger partial charge in [0.25, 0.3) is 5.56 Å². The van der Waals surface area contributed by atoms with Gasteiger partial charge in [-0.2, -0.15) is 0 Å². The Morgan fingerprint density at radius 3 is 2.71 bits per heavy atom. The van der Waals surface area contributed by atoms with Crippen LogP contribution in [0.25, 0.3) is 10.2 Å². The minimum absolute atomic E-state index is 0.0346. The van der Waals surface area contributed by atoms with Gasteiger partial charge in [-0.15, -0.1) is 11.3 Å². The van der Waals surface area contributed by atoms with Crippen molar-refractivity contribution >= 4 is 39.2 Å². The van der Waals surface area contributed by atoms with Gasteiger partial charge in [0.15, 0.2) is 5.16 Å². The summed E-state index contributed by atoms with van der Waals surface area (Å²) in [4.78, 5) is 34.9. The van der Waals surface area contributed by atoms with Crippen LogP contribution in [0.1, 0.15) is 62.8 Å². The Kier molecular flexibility index (Phi) is 5.83. The number of aryl methyl sites for hydroxylation is 2. The zero-order valence-electron chi connectivity index (χ0n) is 17.0. The van der Waals surface area contributed by atoms with Crippen LogP contribution in [0.3, 0.4) is 0 Å². The van der Waals surface area contributed by atoms with E-state index < -0.39 is 0 Å². The molecule has 2 aliphatic rings. The highest BCUT2D eigenvalue weighted by Gasteiger charge is 2.28. The van der Waals surface area contributed by atoms with Gasteiger partial charge in [0, 0.05) is 24.0 Å². The molecule has 0 saturated heterocycles. The van der Waals surface area contributed by atoms with Crippen LogP contribution in [0.2, 0.25) is 0 Å². The average molecular weight is 420 g/mol. The molecule has 0 atom stereocenters. The molecule has 4 rings (SSSR count). The van der Waals surface area contributed by atoms with Gasteiger partial charge in [-0.1, -0.05) is 31.0 Å². The number of aromatic nitrogens is 2. The van der Waals surface area contributed by atoms with Gasteiger partial charge in [-0.3, -0.25) is 14.2 Å². The molecule has 5 nitrogen and oxygen atoms in total. The topological polar surface area (TPSA) is 55.2 Å². The molecule has 0 aliphatic heterocycles. The molecule has 2 aromatic heterocycles. The molecule has 0 spiro atoms. The van der Waals surface area contributed by atoms with Crippen molar-refractivity contribution in [2.45, 2.75) is 82.5 Å². The lowest BCUT2D eigenvalue weighted by atomic mass is 9.93. The molecule has 7 heteroatoms. The fraction of sp³-hybridized carbons (Fsp3) is 0.667. The van der Waals surface area contributed by atoms with Crippen molar-refractivity contribution in [3.63, 3.8) is 0 Å². The number of hydrogen-bond donors (Lipinski definition) is 0. The number of nitrogens with zero attached hydrogens (tertiary/aromatic N) is 3. The van der Waals surface area contributed by atoms with E-state index in [9.17, 15) is 9.59 Å². The molecule has 1 amide bonds. The van der Waals surface area contributed by atoms with Crippen molar-refractivity contribution in [1.29, 1.82) is 0 Å². The third-order valence-electron chi connectivity index (χ3n) is 6.04. The van der Waals surface area contributed by atoms with Crippen LogP contribution >= 0.6 is 23.1 Å². The highest BCUT2D eigenvalue weighted by molar-refractivity contribution is 7.99. The molecule has 2 aromatic rings. The molecule has 0 radical (unpaired) electrons. The van der Waals surface area contributed by atoms with Crippen LogP contribution < -0.4 is 5.56 Å². The van der Waals surface area contributed by atoms with E-state index in [1.807, 2.05) is 0 Å². The van der Waals surface area contributed by atoms with E-state index in [0.29, 0.717) is 17.0 Å². The SMILES string of the molecule is CC(C)N(C(=O)CSc1nc2sc3c(c2c(=O)n1C)CCC3)C1CCCCC1. The molecule has 2 heterocycles. The maximum Gasteiger partial charge on any atom is 0.262 e. The van der Waals surface area contributed by atoms with Crippen molar-refractivity contribution < 1.29 is 4.79 Å². The summed E-state index contributed by atoms with van der Waals surface area (Å²) in [5, 5.41) is 1.46. The monoisotopic (exact) mass is 419 g/mol. The highest BCUT2D eigenvalue weighted by atomic mass is 32.2. The lowest BCUT2D eigenvalue weighted by Crippen LogP contribution is -2.46. The number of thiophene rings is 1. The molecule has 28 heavy (non-hydrogen) atoms. The Labute approximate surface area is 174 Å². The first-order chi connectivity index (χ1) is 13.5. The Balaban J connectivity index is 1.54. The Morgan fingerprint density at radius 2 is 2.00 bits per heavy atom. The number of rotatable bonds is 5. The van der Waals surface area contributed by atoms with Gasteiger partial charge < -0.3 is 4.90 Å². The van der Waals surface area contributed by atoms with Crippen LogP contribution in [0, 0.1) is 0 Å². The first-order valence-electron chi connectivity index (χ1n) is 10.4. The standard InChI is InChI=1S/C21H29N3O2S2/c1-13(2)24(14-8-5-4-6-9-14)17(25)12-27-21-22-19-18(20(26)23(21)3)15-10-7-11-16(15)28-19/h13-14H,4-12H2,1-3H3. The second-order valence-corrected chi connectivity index (χ2v) is 10.3. The summed E-state index contributed by atoms with van der Waals surface area (Å²) < 4.78 is 1.63. The van der Waals surface area contributed by atoms with Gasteiger partial charge in [-0.05, 0) is 51.5 Å². The average Bonchev–Trinajstić information content (AvgIpc) is 3.25. The van der Waals surface area contributed by atoms with E-state index >= 15 is 0 Å². The molecule has 0 unspecified atom stereocenters. The second kappa shape index (κ2) is 8.19. The fourth-order valence-electron chi connectivity index (χ4n) is 4.71. The Bertz CT molecular complexity index is 941. The van der Waals surface area contributed by atoms with Crippen LogP contribution in [0.5, 0.6) is 0 Å². The molecule has 1 saturated carbocycles. The number of amides is 1. The molecule has 152 valence electrons. The molecule has 0 N–H and O–H groups in total. The summed E-state index contributed by atoms with van der Waals surface area (Å²) in [6.45, 7) is 4.20. The van der Waals surface area contributed by atoms with E-state index in [-0.39, 0.29) is 17.5 Å². The van der Waals surface area contributed by atoms with Crippen molar-refractivity contribution in [3.05, 3.63) is 20.8 Å². The molecule has 1 fully saturated rings. The minimum atomic E-state index is 0.0346. The summed E-state index contributed by atoms with van der Waals surface area (Å²) in [6, 6.07) is 0.567. The van der Waals surface area contributed by atoms with Crippen LogP contribution in [0.15, 0.2) is 9.95 Å². The van der Waals surface area contributed by atoms with E-state index in [0.717, 1.165) is 42.3 Å². The van der Waals surface area contributed by atoms with Crippen molar-refractivity contribution in [1.82, 2.24) is 14.5 Å². The van der Waals surface area contributed by atoms with Gasteiger partial charge >= 0.3 is 0 Å². The first kappa shape index (κ1) is 20.0. The predicted octanol–water partition coefficient (Wildman–Crippen LogP) is 4.15. The predicted molar refractivity (Wildman–Crippen MR) is 116 cm³/mol. The largest absolute Gasteiger partial charge is 0.337 e. The Morgan fingerprint density at radius 1 is 1.25 bits per heavy atom. The van der Waals surface area contributed by atoms with E-state index in [1.54, 1.807) is 23.0 Å². The van der Waals surface area contributed by atoms with Crippen LogP contribution in [-0.4, -0.2) is 38.2 Å².